The van der Waals surface area contributed by atoms with Crippen molar-refractivity contribution in [3.8, 4) is 0 Å². The summed E-state index contributed by atoms with van der Waals surface area (Å²) in [7, 11) is 0. The Hall–Kier alpha value is -2.16. The summed E-state index contributed by atoms with van der Waals surface area (Å²) in [6.45, 7) is 4.05. The molecule has 0 rings (SSSR count). The Labute approximate surface area is 134 Å². The van der Waals surface area contributed by atoms with Crippen LogP contribution in [0.25, 0.3) is 0 Å². The van der Waals surface area contributed by atoms with Gasteiger partial charge in [0.1, 0.15) is 6.61 Å². The van der Waals surface area contributed by atoms with Gasteiger partial charge in [0.2, 0.25) is 0 Å². The molecule has 0 spiro atoms. The molecule has 0 aromatic rings. The van der Waals surface area contributed by atoms with Crippen molar-refractivity contribution in [3.05, 3.63) is 0 Å². The van der Waals surface area contributed by atoms with Crippen LogP contribution in [-0.4, -0.2) is 54.3 Å². The van der Waals surface area contributed by atoms with Crippen LogP contribution in [0.1, 0.15) is 34.1 Å². The molecule has 9 nitrogen and oxygen atoms in total. The first-order valence-corrected chi connectivity index (χ1v) is 6.87. The third kappa shape index (κ3) is 6.64. The molecule has 0 aliphatic carbocycles. The Kier molecular flexibility index (Phi) is 7.67. The van der Waals surface area contributed by atoms with Gasteiger partial charge in [-0.25, -0.2) is 4.79 Å². The van der Waals surface area contributed by atoms with Gasteiger partial charge in [-0.05, 0) is 13.8 Å². The fourth-order valence-electron chi connectivity index (χ4n) is 1.68. The van der Waals surface area contributed by atoms with E-state index in [1.54, 1.807) is 0 Å². The zero-order valence-corrected chi connectivity index (χ0v) is 13.7. The highest BCUT2D eigenvalue weighted by molar-refractivity contribution is 5.80. The van der Waals surface area contributed by atoms with Gasteiger partial charge in [-0.1, -0.05) is 0 Å². The largest absolute Gasteiger partial charge is 0.479 e. The van der Waals surface area contributed by atoms with Crippen LogP contribution in [0.4, 0.5) is 0 Å². The molecule has 0 saturated heterocycles. The first kappa shape index (κ1) is 20.8. The van der Waals surface area contributed by atoms with Gasteiger partial charge in [-0.2, -0.15) is 0 Å². The maximum Gasteiger partial charge on any atom is 0.341 e. The van der Waals surface area contributed by atoms with Crippen LogP contribution in [0.3, 0.4) is 0 Å². The number of carbonyl (C=O) groups is 4. The van der Waals surface area contributed by atoms with Crippen molar-refractivity contribution in [2.75, 3.05) is 19.8 Å². The van der Waals surface area contributed by atoms with E-state index in [1.165, 1.54) is 27.7 Å². The summed E-state index contributed by atoms with van der Waals surface area (Å²) >= 11 is 0. The molecule has 0 aliphatic rings. The number of carboxylic acid groups (broad SMARTS) is 1. The van der Waals surface area contributed by atoms with E-state index in [0.717, 1.165) is 0 Å². The molecule has 9 heteroatoms. The van der Waals surface area contributed by atoms with Gasteiger partial charge < -0.3 is 25.1 Å². The smallest absolute Gasteiger partial charge is 0.341 e. The van der Waals surface area contributed by atoms with Crippen molar-refractivity contribution in [2.45, 2.75) is 39.7 Å². The number of rotatable bonds is 9. The van der Waals surface area contributed by atoms with E-state index in [0.29, 0.717) is 0 Å². The molecule has 0 amide bonds. The SMILES string of the molecule is CC(=O)OCCC(N)(COC(C)=O)C(C)(C)C(=O)OCC(=O)O. The first-order chi connectivity index (χ1) is 10.4. The molecule has 3 N–H and O–H groups in total. The predicted molar refractivity (Wildman–Crippen MR) is 77.2 cm³/mol. The molecule has 0 aromatic carbocycles. The maximum absolute atomic E-state index is 12.1. The number of hydrogen-bond acceptors (Lipinski definition) is 8. The van der Waals surface area contributed by atoms with Crippen LogP contribution in [0.5, 0.6) is 0 Å². The van der Waals surface area contributed by atoms with Gasteiger partial charge in [0, 0.05) is 20.3 Å². The van der Waals surface area contributed by atoms with Crippen LogP contribution in [0, 0.1) is 5.41 Å². The molecular formula is C14H23NO8. The number of ether oxygens (including phenoxy) is 3. The van der Waals surface area contributed by atoms with E-state index < -0.39 is 41.4 Å². The molecule has 0 heterocycles. The van der Waals surface area contributed by atoms with E-state index in [1.807, 2.05) is 0 Å². The highest BCUT2D eigenvalue weighted by Gasteiger charge is 2.49. The first-order valence-electron chi connectivity index (χ1n) is 6.87. The average molecular weight is 333 g/mol. The van der Waals surface area contributed by atoms with Gasteiger partial charge in [-0.15, -0.1) is 0 Å². The monoisotopic (exact) mass is 333 g/mol. The number of nitrogens with two attached hydrogens (primary N) is 1. The lowest BCUT2D eigenvalue weighted by molar-refractivity contribution is -0.168. The van der Waals surface area contributed by atoms with E-state index in [4.69, 9.17) is 20.3 Å². The normalized spacial score (nSPS) is 13.6. The summed E-state index contributed by atoms with van der Waals surface area (Å²) < 4.78 is 14.4. The Morgan fingerprint density at radius 1 is 1.00 bits per heavy atom. The lowest BCUT2D eigenvalue weighted by Gasteiger charge is -2.41. The molecule has 1 atom stereocenters. The maximum atomic E-state index is 12.1. The van der Waals surface area contributed by atoms with E-state index in [2.05, 4.69) is 4.74 Å². The summed E-state index contributed by atoms with van der Waals surface area (Å²) in [5.41, 5.74) is 3.40. The summed E-state index contributed by atoms with van der Waals surface area (Å²) in [5, 5.41) is 8.57. The van der Waals surface area contributed by atoms with Crippen LogP contribution < -0.4 is 5.73 Å². The van der Waals surface area contributed by atoms with Gasteiger partial charge in [-0.3, -0.25) is 14.4 Å². The van der Waals surface area contributed by atoms with Gasteiger partial charge >= 0.3 is 23.9 Å². The number of carboxylic acids is 1. The second-order valence-electron chi connectivity index (χ2n) is 5.62. The highest BCUT2D eigenvalue weighted by Crippen LogP contribution is 2.34. The molecule has 0 saturated carbocycles. The fourth-order valence-corrected chi connectivity index (χ4v) is 1.68. The lowest BCUT2D eigenvalue weighted by atomic mass is 9.71. The topological polar surface area (TPSA) is 142 Å². The third-order valence-electron chi connectivity index (χ3n) is 3.47. The van der Waals surface area contributed by atoms with Crippen molar-refractivity contribution < 1.29 is 38.5 Å². The van der Waals surface area contributed by atoms with Crippen molar-refractivity contribution in [3.63, 3.8) is 0 Å². The zero-order valence-electron chi connectivity index (χ0n) is 13.7. The standard InChI is InChI=1S/C14H23NO8/c1-9(16)21-6-5-14(15,8-23-10(2)17)13(3,4)12(20)22-7-11(18)19/h5-8,15H2,1-4H3,(H,18,19). The lowest BCUT2D eigenvalue weighted by Crippen LogP contribution is -2.60. The van der Waals surface area contributed by atoms with Crippen LogP contribution >= 0.6 is 0 Å². The minimum Gasteiger partial charge on any atom is -0.479 e. The summed E-state index contributed by atoms with van der Waals surface area (Å²) in [6, 6.07) is 0. The summed E-state index contributed by atoms with van der Waals surface area (Å²) in [4.78, 5) is 44.5. The molecule has 23 heavy (non-hydrogen) atoms. The van der Waals surface area contributed by atoms with E-state index >= 15 is 0 Å². The molecular weight excluding hydrogens is 310 g/mol. The van der Waals surface area contributed by atoms with E-state index in [9.17, 15) is 19.2 Å². The van der Waals surface area contributed by atoms with Gasteiger partial charge in [0.15, 0.2) is 6.61 Å². The van der Waals surface area contributed by atoms with Crippen molar-refractivity contribution in [1.82, 2.24) is 0 Å². The third-order valence-corrected chi connectivity index (χ3v) is 3.47. The molecule has 0 aliphatic heterocycles. The summed E-state index contributed by atoms with van der Waals surface area (Å²) in [6.07, 6.45) is 0.00896. The fraction of sp³-hybridized carbons (Fsp3) is 0.714. The van der Waals surface area contributed by atoms with Gasteiger partial charge in [0.05, 0.1) is 17.6 Å². The van der Waals surface area contributed by atoms with Crippen molar-refractivity contribution in [2.24, 2.45) is 11.1 Å². The highest BCUT2D eigenvalue weighted by atomic mass is 16.6. The van der Waals surface area contributed by atoms with Crippen molar-refractivity contribution in [1.29, 1.82) is 0 Å². The Morgan fingerprint density at radius 3 is 1.96 bits per heavy atom. The molecule has 0 fully saturated rings. The number of hydrogen-bond donors (Lipinski definition) is 2. The predicted octanol–water partition coefficient (Wildman–Crippen LogP) is -0.146. The number of aliphatic carboxylic acids is 1. The molecule has 0 bridgehead atoms. The number of esters is 3. The van der Waals surface area contributed by atoms with E-state index in [-0.39, 0.29) is 19.6 Å². The second kappa shape index (κ2) is 8.47. The second-order valence-corrected chi connectivity index (χ2v) is 5.62. The quantitative estimate of drug-likeness (QED) is 0.435. The molecule has 1 unspecified atom stereocenters. The van der Waals surface area contributed by atoms with Crippen LogP contribution in [0.15, 0.2) is 0 Å². The Bertz CT molecular complexity index is 473. The average Bonchev–Trinajstić information content (AvgIpc) is 2.41. The van der Waals surface area contributed by atoms with Crippen LogP contribution in [-0.2, 0) is 33.4 Å². The number of carbonyl (C=O) groups excluding carboxylic acids is 3. The molecule has 132 valence electrons. The van der Waals surface area contributed by atoms with Crippen molar-refractivity contribution >= 4 is 23.9 Å². The Morgan fingerprint density at radius 2 is 1.52 bits per heavy atom. The minimum atomic E-state index is -1.41. The summed E-state index contributed by atoms with van der Waals surface area (Å²) in [5.74, 6) is -3.29. The zero-order chi connectivity index (χ0) is 18.3. The van der Waals surface area contributed by atoms with Gasteiger partial charge in [0.25, 0.3) is 0 Å². The molecule has 0 aromatic heterocycles. The minimum absolute atomic E-state index is 0.00896. The Balaban J connectivity index is 5.18. The molecule has 0 radical (unpaired) electrons. The van der Waals surface area contributed by atoms with Crippen LogP contribution in [0.2, 0.25) is 0 Å².